The third-order valence-electron chi connectivity index (χ3n) is 2.72. The molecule has 0 saturated heterocycles. The Kier molecular flexibility index (Phi) is 4.52. The normalized spacial score (nSPS) is 11.0. The third kappa shape index (κ3) is 4.87. The fourth-order valence-electron chi connectivity index (χ4n) is 1.85. The van der Waals surface area contributed by atoms with Crippen molar-refractivity contribution >= 4 is 11.6 Å². The lowest BCUT2D eigenvalue weighted by Gasteiger charge is -2.22. The summed E-state index contributed by atoms with van der Waals surface area (Å²) in [5.74, 6) is -0.142. The van der Waals surface area contributed by atoms with Gasteiger partial charge in [-0.3, -0.25) is 14.8 Å². The van der Waals surface area contributed by atoms with E-state index in [0.717, 1.165) is 11.3 Å². The van der Waals surface area contributed by atoms with Crippen molar-refractivity contribution in [1.29, 1.82) is 0 Å². The van der Waals surface area contributed by atoms with Gasteiger partial charge in [0.1, 0.15) is 0 Å². The van der Waals surface area contributed by atoms with Gasteiger partial charge in [0.2, 0.25) is 0 Å². The maximum atomic E-state index is 12.1. The van der Waals surface area contributed by atoms with Crippen LogP contribution in [0, 0.1) is 0 Å². The number of carbonyl (C=O) groups is 1. The lowest BCUT2D eigenvalue weighted by molar-refractivity contribution is 0.0950. The van der Waals surface area contributed by atoms with Crippen molar-refractivity contribution in [1.82, 2.24) is 15.3 Å². The molecular formula is C16H20N4O. The van der Waals surface area contributed by atoms with Gasteiger partial charge in [0.15, 0.2) is 0 Å². The van der Waals surface area contributed by atoms with Crippen LogP contribution in [-0.2, 0) is 6.54 Å². The summed E-state index contributed by atoms with van der Waals surface area (Å²) in [4.78, 5) is 20.2. The average molecular weight is 284 g/mol. The number of hydrogen-bond acceptors (Lipinski definition) is 4. The minimum Gasteiger partial charge on any atom is -0.379 e. The molecule has 0 aromatic carbocycles. The van der Waals surface area contributed by atoms with Crippen molar-refractivity contribution in [3.8, 4) is 0 Å². The predicted molar refractivity (Wildman–Crippen MR) is 83.0 cm³/mol. The summed E-state index contributed by atoms with van der Waals surface area (Å²) in [5.41, 5.74) is 2.31. The molecule has 0 aliphatic heterocycles. The largest absolute Gasteiger partial charge is 0.379 e. The molecule has 2 N–H and O–H groups in total. The van der Waals surface area contributed by atoms with E-state index in [1.165, 1.54) is 0 Å². The molecule has 5 nitrogen and oxygen atoms in total. The van der Waals surface area contributed by atoms with Gasteiger partial charge in [0, 0.05) is 36.9 Å². The number of aromatic nitrogens is 2. The zero-order chi connectivity index (χ0) is 15.3. The Morgan fingerprint density at radius 1 is 1.14 bits per heavy atom. The fraction of sp³-hybridized carbons (Fsp3) is 0.312. The van der Waals surface area contributed by atoms with Crippen molar-refractivity contribution in [2.45, 2.75) is 32.9 Å². The number of pyridine rings is 2. The highest BCUT2D eigenvalue weighted by molar-refractivity contribution is 5.94. The van der Waals surface area contributed by atoms with Crippen molar-refractivity contribution in [3.63, 3.8) is 0 Å². The summed E-state index contributed by atoms with van der Waals surface area (Å²) in [7, 11) is 0. The van der Waals surface area contributed by atoms with E-state index in [1.807, 2.05) is 12.1 Å². The molecular weight excluding hydrogens is 264 g/mol. The SMILES string of the molecule is CC(C)(C)Nc1cncc(C(=O)NCc2ccncc2)c1. The van der Waals surface area contributed by atoms with Crippen molar-refractivity contribution < 1.29 is 4.79 Å². The van der Waals surface area contributed by atoms with E-state index in [-0.39, 0.29) is 11.4 Å². The van der Waals surface area contributed by atoms with Crippen LogP contribution in [0.1, 0.15) is 36.7 Å². The molecule has 21 heavy (non-hydrogen) atoms. The smallest absolute Gasteiger partial charge is 0.253 e. The number of carbonyl (C=O) groups excluding carboxylic acids is 1. The second-order valence-electron chi connectivity index (χ2n) is 5.88. The molecule has 0 aliphatic carbocycles. The van der Waals surface area contributed by atoms with Crippen LogP contribution in [0.3, 0.4) is 0 Å². The summed E-state index contributed by atoms with van der Waals surface area (Å²) in [5, 5.41) is 6.17. The molecule has 110 valence electrons. The number of rotatable bonds is 4. The second kappa shape index (κ2) is 6.35. The molecule has 0 bridgehead atoms. The maximum Gasteiger partial charge on any atom is 0.253 e. The van der Waals surface area contributed by atoms with Gasteiger partial charge in [-0.05, 0) is 44.5 Å². The van der Waals surface area contributed by atoms with E-state index in [4.69, 9.17) is 0 Å². The molecule has 0 fully saturated rings. The van der Waals surface area contributed by atoms with Crippen molar-refractivity contribution in [2.24, 2.45) is 0 Å². The Bertz CT molecular complexity index is 605. The van der Waals surface area contributed by atoms with Crippen molar-refractivity contribution in [3.05, 3.63) is 54.1 Å². The summed E-state index contributed by atoms with van der Waals surface area (Å²) < 4.78 is 0. The van der Waals surface area contributed by atoms with Gasteiger partial charge in [-0.25, -0.2) is 0 Å². The summed E-state index contributed by atoms with van der Waals surface area (Å²) in [6.07, 6.45) is 6.69. The van der Waals surface area contributed by atoms with E-state index in [2.05, 4.69) is 41.4 Å². The van der Waals surface area contributed by atoms with E-state index >= 15 is 0 Å². The molecule has 2 rings (SSSR count). The number of nitrogens with one attached hydrogen (secondary N) is 2. The molecule has 1 amide bonds. The summed E-state index contributed by atoms with van der Waals surface area (Å²) in [6.45, 7) is 6.65. The van der Waals surface area contributed by atoms with Gasteiger partial charge in [-0.15, -0.1) is 0 Å². The first-order valence-electron chi connectivity index (χ1n) is 6.84. The Hall–Kier alpha value is -2.43. The molecule has 2 heterocycles. The average Bonchev–Trinajstić information content (AvgIpc) is 2.44. The van der Waals surface area contributed by atoms with Gasteiger partial charge in [-0.1, -0.05) is 0 Å². The molecule has 0 aliphatic rings. The zero-order valence-corrected chi connectivity index (χ0v) is 12.6. The highest BCUT2D eigenvalue weighted by Gasteiger charge is 2.12. The fourth-order valence-corrected chi connectivity index (χ4v) is 1.85. The molecule has 0 radical (unpaired) electrons. The van der Waals surface area contributed by atoms with Crippen LogP contribution in [-0.4, -0.2) is 21.4 Å². The van der Waals surface area contributed by atoms with E-state index in [0.29, 0.717) is 12.1 Å². The molecule has 5 heteroatoms. The van der Waals surface area contributed by atoms with Crippen LogP contribution in [0.15, 0.2) is 43.0 Å². The first-order valence-corrected chi connectivity index (χ1v) is 6.84. The van der Waals surface area contributed by atoms with E-state index < -0.39 is 0 Å². The van der Waals surface area contributed by atoms with E-state index in [9.17, 15) is 4.79 Å². The van der Waals surface area contributed by atoms with Crippen LogP contribution in [0.5, 0.6) is 0 Å². The predicted octanol–water partition coefficient (Wildman–Crippen LogP) is 2.62. The Balaban J connectivity index is 2.01. The van der Waals surface area contributed by atoms with Gasteiger partial charge in [0.05, 0.1) is 11.3 Å². The molecule has 2 aromatic heterocycles. The van der Waals surface area contributed by atoms with E-state index in [1.54, 1.807) is 30.9 Å². The van der Waals surface area contributed by atoms with Crippen LogP contribution in [0.25, 0.3) is 0 Å². The quantitative estimate of drug-likeness (QED) is 0.905. The summed E-state index contributed by atoms with van der Waals surface area (Å²) in [6, 6.07) is 5.55. The van der Waals surface area contributed by atoms with Crippen molar-refractivity contribution in [2.75, 3.05) is 5.32 Å². The maximum absolute atomic E-state index is 12.1. The monoisotopic (exact) mass is 284 g/mol. The molecule has 0 atom stereocenters. The first kappa shape index (κ1) is 15.0. The standard InChI is InChI=1S/C16H20N4O/c1-16(2,3)20-14-8-13(10-18-11-14)15(21)19-9-12-4-6-17-7-5-12/h4-8,10-11,20H,9H2,1-3H3,(H,19,21). The van der Waals surface area contributed by atoms with Crippen LogP contribution in [0.4, 0.5) is 5.69 Å². The van der Waals surface area contributed by atoms with Crippen LogP contribution >= 0.6 is 0 Å². The minimum atomic E-state index is -0.142. The topological polar surface area (TPSA) is 66.9 Å². The van der Waals surface area contributed by atoms with Crippen LogP contribution < -0.4 is 10.6 Å². The van der Waals surface area contributed by atoms with Gasteiger partial charge >= 0.3 is 0 Å². The number of amides is 1. The number of anilines is 1. The highest BCUT2D eigenvalue weighted by atomic mass is 16.1. The molecule has 0 spiro atoms. The minimum absolute atomic E-state index is 0.0756. The Labute approximate surface area is 124 Å². The number of hydrogen-bond donors (Lipinski definition) is 2. The molecule has 0 saturated carbocycles. The Morgan fingerprint density at radius 3 is 2.52 bits per heavy atom. The van der Waals surface area contributed by atoms with Crippen LogP contribution in [0.2, 0.25) is 0 Å². The Morgan fingerprint density at radius 2 is 1.86 bits per heavy atom. The highest BCUT2D eigenvalue weighted by Crippen LogP contribution is 2.14. The zero-order valence-electron chi connectivity index (χ0n) is 12.6. The third-order valence-corrected chi connectivity index (χ3v) is 2.72. The second-order valence-corrected chi connectivity index (χ2v) is 5.88. The summed E-state index contributed by atoms with van der Waals surface area (Å²) >= 11 is 0. The lowest BCUT2D eigenvalue weighted by atomic mass is 10.1. The van der Waals surface area contributed by atoms with Gasteiger partial charge in [-0.2, -0.15) is 0 Å². The lowest BCUT2D eigenvalue weighted by Crippen LogP contribution is -2.27. The first-order chi connectivity index (χ1) is 9.94. The number of nitrogens with zero attached hydrogens (tertiary/aromatic N) is 2. The molecule has 0 unspecified atom stereocenters. The van der Waals surface area contributed by atoms with Gasteiger partial charge in [0.25, 0.3) is 5.91 Å². The van der Waals surface area contributed by atoms with Gasteiger partial charge < -0.3 is 10.6 Å². The molecule has 2 aromatic rings.